The van der Waals surface area contributed by atoms with E-state index in [1.807, 2.05) is 19.1 Å². The van der Waals surface area contributed by atoms with Gasteiger partial charge in [-0.05, 0) is 55.9 Å². The van der Waals surface area contributed by atoms with Crippen LogP contribution < -0.4 is 5.32 Å². The number of hydrogen-bond donors (Lipinski definition) is 3. The lowest BCUT2D eigenvalue weighted by Gasteiger charge is -2.09. The number of phenols is 1. The number of hydrogen-bond acceptors (Lipinski definition) is 6. The molecular formula is C22H22N4O2S2. The predicted octanol–water partition coefficient (Wildman–Crippen LogP) is 4.56. The number of aromatic amines is 1. The quantitative estimate of drug-likeness (QED) is 0.490. The Labute approximate surface area is 183 Å². The summed E-state index contributed by atoms with van der Waals surface area (Å²) in [5, 5.41) is 23.2. The summed E-state index contributed by atoms with van der Waals surface area (Å²) in [6.45, 7) is 1.96. The zero-order chi connectivity index (χ0) is 21.1. The molecule has 0 spiro atoms. The number of imidazole rings is 1. The molecule has 0 saturated carbocycles. The lowest BCUT2D eigenvalue weighted by Crippen LogP contribution is -2.14. The average molecular weight is 439 g/mol. The fourth-order valence-electron chi connectivity index (χ4n) is 3.58. The number of fused-ring (bicyclic) bond motifs is 1. The van der Waals surface area contributed by atoms with Gasteiger partial charge in [0.05, 0.1) is 17.0 Å². The zero-order valence-electron chi connectivity index (χ0n) is 16.6. The van der Waals surface area contributed by atoms with E-state index in [1.165, 1.54) is 16.6 Å². The van der Waals surface area contributed by atoms with Gasteiger partial charge in [-0.15, -0.1) is 11.3 Å². The van der Waals surface area contributed by atoms with Gasteiger partial charge in [-0.1, -0.05) is 23.9 Å². The Morgan fingerprint density at radius 1 is 1.33 bits per heavy atom. The van der Waals surface area contributed by atoms with Gasteiger partial charge in [0, 0.05) is 17.0 Å². The Morgan fingerprint density at radius 3 is 2.87 bits per heavy atom. The van der Waals surface area contributed by atoms with Crippen molar-refractivity contribution >= 4 is 34.0 Å². The molecule has 0 radical (unpaired) electrons. The molecule has 3 aromatic rings. The van der Waals surface area contributed by atoms with Crippen molar-refractivity contribution in [2.75, 3.05) is 11.1 Å². The van der Waals surface area contributed by atoms with Crippen LogP contribution in [0, 0.1) is 18.3 Å². The van der Waals surface area contributed by atoms with Crippen molar-refractivity contribution in [1.82, 2.24) is 9.97 Å². The fourth-order valence-corrected chi connectivity index (χ4v) is 5.58. The molecule has 2 heterocycles. The standard InChI is InChI=1S/C22H22N4O2S2/c1-13-18(10-14-6-8-15(27)9-7-14)25-22(24-13)29-12-20(28)26-21-17(11-23)16-4-2-3-5-19(16)30-21/h6-9,27H,2-5,10,12H2,1H3,(H,24,25)(H,26,28). The fraction of sp³-hybridized carbons (Fsp3) is 0.318. The third-order valence-corrected chi connectivity index (χ3v) is 7.23. The normalized spacial score (nSPS) is 12.9. The number of benzene rings is 1. The van der Waals surface area contributed by atoms with E-state index in [1.54, 1.807) is 23.5 Å². The van der Waals surface area contributed by atoms with Crippen molar-refractivity contribution < 1.29 is 9.90 Å². The smallest absolute Gasteiger partial charge is 0.235 e. The third kappa shape index (κ3) is 4.53. The van der Waals surface area contributed by atoms with Gasteiger partial charge in [0.1, 0.15) is 16.8 Å². The second kappa shape index (κ2) is 8.94. The minimum atomic E-state index is -0.135. The number of thiophene rings is 1. The number of H-pyrrole nitrogens is 1. The molecule has 6 nitrogen and oxygen atoms in total. The molecule has 1 aromatic carbocycles. The molecular weight excluding hydrogens is 416 g/mol. The number of carbonyl (C=O) groups is 1. The van der Waals surface area contributed by atoms with Gasteiger partial charge in [-0.3, -0.25) is 4.79 Å². The number of amides is 1. The summed E-state index contributed by atoms with van der Waals surface area (Å²) in [7, 11) is 0. The van der Waals surface area contributed by atoms with E-state index in [-0.39, 0.29) is 17.4 Å². The SMILES string of the molecule is Cc1[nH]c(SCC(=O)Nc2sc3c(c2C#N)CCCC3)nc1Cc1ccc(O)cc1. The summed E-state index contributed by atoms with van der Waals surface area (Å²) < 4.78 is 0. The summed E-state index contributed by atoms with van der Waals surface area (Å²) in [6, 6.07) is 9.34. The highest BCUT2D eigenvalue weighted by Crippen LogP contribution is 2.37. The van der Waals surface area contributed by atoms with Crippen molar-refractivity contribution in [2.24, 2.45) is 0 Å². The first-order valence-electron chi connectivity index (χ1n) is 9.84. The molecule has 2 aromatic heterocycles. The number of aryl methyl sites for hydroxylation is 2. The highest BCUT2D eigenvalue weighted by Gasteiger charge is 2.22. The van der Waals surface area contributed by atoms with E-state index >= 15 is 0 Å². The molecule has 30 heavy (non-hydrogen) atoms. The number of thioether (sulfide) groups is 1. The first-order chi connectivity index (χ1) is 14.5. The maximum Gasteiger partial charge on any atom is 0.235 e. The molecule has 1 aliphatic carbocycles. The van der Waals surface area contributed by atoms with Gasteiger partial charge in [0.15, 0.2) is 5.16 Å². The van der Waals surface area contributed by atoms with Crippen LogP contribution in [0.15, 0.2) is 29.4 Å². The van der Waals surface area contributed by atoms with Gasteiger partial charge in [0.2, 0.25) is 5.91 Å². The molecule has 1 amide bonds. The molecule has 8 heteroatoms. The van der Waals surface area contributed by atoms with Crippen molar-refractivity contribution in [3.63, 3.8) is 0 Å². The second-order valence-electron chi connectivity index (χ2n) is 7.32. The van der Waals surface area contributed by atoms with Crippen LogP contribution in [0.4, 0.5) is 5.00 Å². The van der Waals surface area contributed by atoms with Crippen molar-refractivity contribution in [2.45, 2.75) is 44.2 Å². The van der Waals surface area contributed by atoms with Crippen LogP contribution in [0.3, 0.4) is 0 Å². The minimum Gasteiger partial charge on any atom is -0.508 e. The van der Waals surface area contributed by atoms with Gasteiger partial charge in [0.25, 0.3) is 0 Å². The van der Waals surface area contributed by atoms with Gasteiger partial charge in [-0.25, -0.2) is 4.98 Å². The van der Waals surface area contributed by atoms with Gasteiger partial charge in [-0.2, -0.15) is 5.26 Å². The number of nitrogens with zero attached hydrogens (tertiary/aromatic N) is 2. The lowest BCUT2D eigenvalue weighted by molar-refractivity contribution is -0.113. The summed E-state index contributed by atoms with van der Waals surface area (Å²) in [4.78, 5) is 21.6. The van der Waals surface area contributed by atoms with Gasteiger partial charge >= 0.3 is 0 Å². The Kier molecular flexibility index (Phi) is 6.11. The van der Waals surface area contributed by atoms with Crippen LogP contribution in [0.5, 0.6) is 5.75 Å². The third-order valence-electron chi connectivity index (χ3n) is 5.15. The van der Waals surface area contributed by atoms with Crippen LogP contribution in [0.1, 0.15) is 45.8 Å². The number of rotatable bonds is 6. The molecule has 1 aliphatic rings. The van der Waals surface area contributed by atoms with E-state index < -0.39 is 0 Å². The topological polar surface area (TPSA) is 102 Å². The average Bonchev–Trinajstić information content (AvgIpc) is 3.27. The Morgan fingerprint density at radius 2 is 2.10 bits per heavy atom. The van der Waals surface area contributed by atoms with Crippen molar-refractivity contribution in [3.8, 4) is 11.8 Å². The summed E-state index contributed by atoms with van der Waals surface area (Å²) >= 11 is 2.89. The van der Waals surface area contributed by atoms with Gasteiger partial charge < -0.3 is 15.4 Å². The van der Waals surface area contributed by atoms with Crippen LogP contribution in [-0.4, -0.2) is 26.7 Å². The molecule has 0 unspecified atom stereocenters. The van der Waals surface area contributed by atoms with Crippen LogP contribution in [0.25, 0.3) is 0 Å². The van der Waals surface area contributed by atoms with Crippen molar-refractivity contribution in [1.29, 1.82) is 5.26 Å². The van der Waals surface area contributed by atoms with E-state index in [4.69, 9.17) is 0 Å². The predicted molar refractivity (Wildman–Crippen MR) is 119 cm³/mol. The number of nitriles is 1. The Balaban J connectivity index is 1.37. The summed E-state index contributed by atoms with van der Waals surface area (Å²) in [5.41, 5.74) is 4.70. The number of nitrogens with one attached hydrogen (secondary N) is 2. The second-order valence-corrected chi connectivity index (χ2v) is 9.39. The van der Waals surface area contributed by atoms with Crippen LogP contribution in [-0.2, 0) is 24.1 Å². The molecule has 0 aliphatic heterocycles. The van der Waals surface area contributed by atoms with E-state index in [0.29, 0.717) is 22.1 Å². The number of aromatic hydroxyl groups is 1. The molecule has 3 N–H and O–H groups in total. The molecule has 0 atom stereocenters. The monoisotopic (exact) mass is 438 g/mol. The van der Waals surface area contributed by atoms with E-state index in [2.05, 4.69) is 21.4 Å². The maximum absolute atomic E-state index is 12.5. The number of phenolic OH excluding ortho intramolecular Hbond substituents is 1. The largest absolute Gasteiger partial charge is 0.508 e. The summed E-state index contributed by atoms with van der Waals surface area (Å²) in [5.74, 6) is 0.328. The lowest BCUT2D eigenvalue weighted by atomic mass is 9.96. The minimum absolute atomic E-state index is 0.135. The summed E-state index contributed by atoms with van der Waals surface area (Å²) in [6.07, 6.45) is 4.82. The van der Waals surface area contributed by atoms with Crippen LogP contribution in [0.2, 0.25) is 0 Å². The Bertz CT molecular complexity index is 1110. The van der Waals surface area contributed by atoms with Crippen LogP contribution >= 0.6 is 23.1 Å². The molecule has 0 fully saturated rings. The molecule has 0 saturated heterocycles. The first-order valence-corrected chi connectivity index (χ1v) is 11.6. The van der Waals surface area contributed by atoms with E-state index in [9.17, 15) is 15.2 Å². The van der Waals surface area contributed by atoms with E-state index in [0.717, 1.165) is 48.2 Å². The molecule has 4 rings (SSSR count). The zero-order valence-corrected chi connectivity index (χ0v) is 18.3. The highest BCUT2D eigenvalue weighted by molar-refractivity contribution is 7.99. The number of anilines is 1. The first kappa shape index (κ1) is 20.5. The molecule has 0 bridgehead atoms. The number of aromatic nitrogens is 2. The Hall–Kier alpha value is -2.76. The van der Waals surface area contributed by atoms with Crippen molar-refractivity contribution in [3.05, 3.63) is 57.2 Å². The maximum atomic E-state index is 12.5. The highest BCUT2D eigenvalue weighted by atomic mass is 32.2. The molecule has 154 valence electrons. The number of carbonyl (C=O) groups excluding carboxylic acids is 1.